The Morgan fingerprint density at radius 1 is 1.38 bits per heavy atom. The van der Waals surface area contributed by atoms with E-state index in [1.807, 2.05) is 0 Å². The van der Waals surface area contributed by atoms with Gasteiger partial charge in [-0.2, -0.15) is 0 Å². The van der Waals surface area contributed by atoms with Crippen LogP contribution in [-0.4, -0.2) is 19.7 Å². The van der Waals surface area contributed by atoms with Crippen LogP contribution in [0.5, 0.6) is 5.75 Å². The third-order valence-corrected chi connectivity index (χ3v) is 2.73. The lowest BCUT2D eigenvalue weighted by atomic mass is 10.2. The van der Waals surface area contributed by atoms with Crippen molar-refractivity contribution in [3.8, 4) is 5.75 Å². The van der Waals surface area contributed by atoms with Crippen molar-refractivity contribution in [1.29, 1.82) is 0 Å². The Kier molecular flexibility index (Phi) is 4.90. The van der Waals surface area contributed by atoms with Crippen molar-refractivity contribution >= 4 is 29.2 Å². The van der Waals surface area contributed by atoms with Crippen LogP contribution in [-0.2, 0) is 9.53 Å². The number of carbonyl (C=O) groups is 1. The van der Waals surface area contributed by atoms with Crippen molar-refractivity contribution in [3.05, 3.63) is 28.2 Å². The van der Waals surface area contributed by atoms with Crippen LogP contribution in [0.25, 0.3) is 0 Å². The highest BCUT2D eigenvalue weighted by atomic mass is 35.5. The molecule has 0 aliphatic rings. The van der Waals surface area contributed by atoms with Gasteiger partial charge in [0.2, 0.25) is 0 Å². The largest absolute Gasteiger partial charge is 0.493 e. The third kappa shape index (κ3) is 3.58. The van der Waals surface area contributed by atoms with E-state index >= 15 is 0 Å². The minimum Gasteiger partial charge on any atom is -0.493 e. The normalized spacial score (nSPS) is 12.0. The molecule has 0 heterocycles. The van der Waals surface area contributed by atoms with Crippen LogP contribution in [0.3, 0.4) is 0 Å². The van der Waals surface area contributed by atoms with Crippen LogP contribution in [0, 0.1) is 5.92 Å². The van der Waals surface area contributed by atoms with E-state index < -0.39 is 0 Å². The van der Waals surface area contributed by atoms with Crippen LogP contribution >= 0.6 is 23.2 Å². The Hall–Kier alpha value is -0.930. The first-order valence-electron chi connectivity index (χ1n) is 4.70. The Bertz CT molecular complexity index is 379. The number of rotatable bonds is 4. The Balaban J connectivity index is 2.55. The van der Waals surface area contributed by atoms with E-state index in [-0.39, 0.29) is 18.5 Å². The zero-order chi connectivity index (χ0) is 12.1. The number of hydrogen-bond acceptors (Lipinski definition) is 3. The van der Waals surface area contributed by atoms with Crippen LogP contribution in [0.1, 0.15) is 6.92 Å². The summed E-state index contributed by atoms with van der Waals surface area (Å²) in [5, 5.41) is 0.889. The second kappa shape index (κ2) is 5.97. The minimum absolute atomic E-state index is 0.241. The standard InChI is InChI=1S/C11H12Cl2O3/c1-7(11(14)15-2)6-16-8-3-4-9(12)10(13)5-8/h3-5,7H,6H2,1-2H3. The summed E-state index contributed by atoms with van der Waals surface area (Å²) in [4.78, 5) is 11.1. The van der Waals surface area contributed by atoms with Gasteiger partial charge in [0.1, 0.15) is 12.4 Å². The van der Waals surface area contributed by atoms with Crippen molar-refractivity contribution in [1.82, 2.24) is 0 Å². The van der Waals surface area contributed by atoms with Crippen molar-refractivity contribution in [2.24, 2.45) is 5.92 Å². The molecule has 1 atom stereocenters. The summed E-state index contributed by atoms with van der Waals surface area (Å²) >= 11 is 11.6. The lowest BCUT2D eigenvalue weighted by Crippen LogP contribution is -2.19. The number of ether oxygens (including phenoxy) is 2. The van der Waals surface area contributed by atoms with Gasteiger partial charge in [-0.05, 0) is 19.1 Å². The highest BCUT2D eigenvalue weighted by molar-refractivity contribution is 6.42. The lowest BCUT2D eigenvalue weighted by Gasteiger charge is -2.11. The molecule has 0 aromatic heterocycles. The Morgan fingerprint density at radius 3 is 2.62 bits per heavy atom. The molecule has 0 aliphatic carbocycles. The molecule has 0 aliphatic heterocycles. The molecular weight excluding hydrogens is 251 g/mol. The predicted molar refractivity (Wildman–Crippen MR) is 63.1 cm³/mol. The number of esters is 1. The number of methoxy groups -OCH3 is 1. The topological polar surface area (TPSA) is 35.5 Å². The molecule has 0 spiro atoms. The maximum atomic E-state index is 11.1. The lowest BCUT2D eigenvalue weighted by molar-refractivity contribution is -0.145. The van der Waals surface area contributed by atoms with Crippen molar-refractivity contribution in [3.63, 3.8) is 0 Å². The van der Waals surface area contributed by atoms with Gasteiger partial charge in [-0.25, -0.2) is 0 Å². The van der Waals surface area contributed by atoms with Crippen molar-refractivity contribution in [2.45, 2.75) is 6.92 Å². The molecule has 0 bridgehead atoms. The molecule has 1 unspecified atom stereocenters. The highest BCUT2D eigenvalue weighted by Gasteiger charge is 2.13. The first-order valence-corrected chi connectivity index (χ1v) is 5.46. The van der Waals surface area contributed by atoms with E-state index in [1.54, 1.807) is 25.1 Å². The zero-order valence-corrected chi connectivity index (χ0v) is 10.5. The molecule has 0 fully saturated rings. The summed E-state index contributed by atoms with van der Waals surface area (Å²) in [6, 6.07) is 4.94. The van der Waals surface area contributed by atoms with E-state index in [0.717, 1.165) is 0 Å². The van der Waals surface area contributed by atoms with E-state index in [9.17, 15) is 4.79 Å². The summed E-state index contributed by atoms with van der Waals surface area (Å²) in [6.45, 7) is 1.97. The predicted octanol–water partition coefficient (Wildman–Crippen LogP) is 3.18. The summed E-state index contributed by atoms with van der Waals surface area (Å²) in [5.74, 6) is -0.0512. The summed E-state index contributed by atoms with van der Waals surface area (Å²) in [7, 11) is 1.35. The van der Waals surface area contributed by atoms with Crippen LogP contribution in [0.15, 0.2) is 18.2 Å². The van der Waals surface area contributed by atoms with Gasteiger partial charge in [-0.15, -0.1) is 0 Å². The van der Waals surface area contributed by atoms with Gasteiger partial charge in [-0.1, -0.05) is 23.2 Å². The maximum absolute atomic E-state index is 11.1. The average Bonchev–Trinajstić information content (AvgIpc) is 2.29. The highest BCUT2D eigenvalue weighted by Crippen LogP contribution is 2.26. The Morgan fingerprint density at radius 2 is 2.06 bits per heavy atom. The zero-order valence-electron chi connectivity index (χ0n) is 9.00. The molecule has 0 radical (unpaired) electrons. The van der Waals surface area contributed by atoms with Gasteiger partial charge in [0.15, 0.2) is 0 Å². The fraction of sp³-hybridized carbons (Fsp3) is 0.364. The van der Waals surface area contributed by atoms with Crippen molar-refractivity contribution < 1.29 is 14.3 Å². The number of halogens is 2. The number of benzene rings is 1. The minimum atomic E-state index is -0.320. The fourth-order valence-corrected chi connectivity index (χ4v) is 1.35. The monoisotopic (exact) mass is 262 g/mol. The van der Waals surface area contributed by atoms with Gasteiger partial charge in [0.05, 0.1) is 23.1 Å². The summed E-state index contributed by atoms with van der Waals surface area (Å²) < 4.78 is 9.96. The van der Waals surface area contributed by atoms with E-state index in [4.69, 9.17) is 27.9 Å². The first kappa shape index (κ1) is 13.1. The smallest absolute Gasteiger partial charge is 0.311 e. The maximum Gasteiger partial charge on any atom is 0.311 e. The van der Waals surface area contributed by atoms with Gasteiger partial charge in [0, 0.05) is 6.07 Å². The average molecular weight is 263 g/mol. The molecule has 88 valence electrons. The second-order valence-corrected chi connectivity index (χ2v) is 4.13. The SMILES string of the molecule is COC(=O)C(C)COc1ccc(Cl)c(Cl)c1. The quantitative estimate of drug-likeness (QED) is 0.782. The summed E-state index contributed by atoms with van der Waals surface area (Å²) in [6.07, 6.45) is 0. The van der Waals surface area contributed by atoms with Crippen LogP contribution in [0.4, 0.5) is 0 Å². The molecule has 1 aromatic carbocycles. The Labute approximate surface area is 104 Å². The molecule has 0 saturated carbocycles. The van der Waals surface area contributed by atoms with Gasteiger partial charge in [-0.3, -0.25) is 4.79 Å². The number of hydrogen-bond donors (Lipinski definition) is 0. The molecule has 3 nitrogen and oxygen atoms in total. The van der Waals surface area contributed by atoms with Gasteiger partial charge < -0.3 is 9.47 Å². The van der Waals surface area contributed by atoms with Gasteiger partial charge >= 0.3 is 5.97 Å². The fourth-order valence-electron chi connectivity index (χ4n) is 1.06. The molecule has 0 N–H and O–H groups in total. The van der Waals surface area contributed by atoms with Crippen LogP contribution < -0.4 is 4.74 Å². The second-order valence-electron chi connectivity index (χ2n) is 3.31. The molecule has 16 heavy (non-hydrogen) atoms. The molecule has 0 saturated heterocycles. The first-order chi connectivity index (χ1) is 7.54. The van der Waals surface area contributed by atoms with E-state index in [2.05, 4.69) is 4.74 Å². The summed E-state index contributed by atoms with van der Waals surface area (Å²) in [5.41, 5.74) is 0. The van der Waals surface area contributed by atoms with Crippen molar-refractivity contribution in [2.75, 3.05) is 13.7 Å². The molecule has 1 aromatic rings. The molecule has 0 amide bonds. The van der Waals surface area contributed by atoms with E-state index in [0.29, 0.717) is 15.8 Å². The molecule has 1 rings (SSSR count). The van der Waals surface area contributed by atoms with Crippen LogP contribution in [0.2, 0.25) is 10.0 Å². The molecule has 5 heteroatoms. The van der Waals surface area contributed by atoms with E-state index in [1.165, 1.54) is 7.11 Å². The number of carbonyl (C=O) groups excluding carboxylic acids is 1. The van der Waals surface area contributed by atoms with Gasteiger partial charge in [0.25, 0.3) is 0 Å². The third-order valence-electron chi connectivity index (χ3n) is 1.99. The molecular formula is C11H12Cl2O3.